The zero-order valence-electron chi connectivity index (χ0n) is 18.1. The third kappa shape index (κ3) is 5.44. The van der Waals surface area contributed by atoms with Gasteiger partial charge in [-0.1, -0.05) is 38.3 Å². The average molecular weight is 453 g/mol. The van der Waals surface area contributed by atoms with Crippen molar-refractivity contribution in [3.8, 4) is 5.75 Å². The normalized spacial score (nSPS) is 19.2. The number of halogens is 1. The highest BCUT2D eigenvalue weighted by molar-refractivity contribution is 8.00. The number of hydrogen-bond acceptors (Lipinski definition) is 4. The fourth-order valence-electron chi connectivity index (χ4n) is 4.42. The smallest absolute Gasteiger partial charge is 0.261 e. The first-order valence-corrected chi connectivity index (χ1v) is 12.5. The van der Waals surface area contributed by atoms with Crippen LogP contribution in [0.15, 0.2) is 24.3 Å². The minimum Gasteiger partial charge on any atom is -0.484 e. The van der Waals surface area contributed by atoms with Crippen LogP contribution in [0, 0.1) is 5.92 Å². The Morgan fingerprint density at radius 1 is 1.17 bits per heavy atom. The Morgan fingerprint density at radius 2 is 1.87 bits per heavy atom. The van der Waals surface area contributed by atoms with Crippen LogP contribution in [0.3, 0.4) is 0 Å². The molecule has 0 aromatic heterocycles. The number of hydrogen-bond donors (Lipinski definition) is 0. The quantitative estimate of drug-likeness (QED) is 0.566. The molecule has 2 aliphatic heterocycles. The van der Waals surface area contributed by atoms with Gasteiger partial charge in [0.05, 0.1) is 4.87 Å². The molecule has 1 spiro atoms. The van der Waals surface area contributed by atoms with E-state index in [0.717, 1.165) is 63.9 Å². The van der Waals surface area contributed by atoms with E-state index in [1.807, 2.05) is 21.6 Å². The molecule has 166 valence electrons. The summed E-state index contributed by atoms with van der Waals surface area (Å²) in [7, 11) is 0. The van der Waals surface area contributed by atoms with Crippen LogP contribution >= 0.6 is 23.4 Å². The summed E-state index contributed by atoms with van der Waals surface area (Å²) in [6, 6.07) is 7.06. The molecule has 1 aromatic carbocycles. The van der Waals surface area contributed by atoms with Crippen molar-refractivity contribution in [3.05, 3.63) is 29.3 Å². The van der Waals surface area contributed by atoms with Crippen molar-refractivity contribution in [2.45, 2.75) is 57.2 Å². The van der Waals surface area contributed by atoms with E-state index in [4.69, 9.17) is 16.3 Å². The van der Waals surface area contributed by atoms with E-state index in [1.165, 1.54) is 0 Å². The van der Waals surface area contributed by atoms with Crippen LogP contribution in [0.2, 0.25) is 5.02 Å². The van der Waals surface area contributed by atoms with Crippen LogP contribution in [-0.4, -0.2) is 58.5 Å². The van der Waals surface area contributed by atoms with Crippen molar-refractivity contribution in [3.63, 3.8) is 0 Å². The highest BCUT2D eigenvalue weighted by Crippen LogP contribution is 2.44. The first-order chi connectivity index (χ1) is 14.5. The summed E-state index contributed by atoms with van der Waals surface area (Å²) in [5.74, 6) is 2.04. The van der Waals surface area contributed by atoms with Gasteiger partial charge >= 0.3 is 0 Å². The zero-order chi connectivity index (χ0) is 21.6. The van der Waals surface area contributed by atoms with Crippen molar-refractivity contribution in [1.82, 2.24) is 9.80 Å². The largest absolute Gasteiger partial charge is 0.484 e. The van der Waals surface area contributed by atoms with Crippen LogP contribution in [0.25, 0.3) is 0 Å². The standard InChI is InChI=1S/C23H33ClN2O3S/c1-3-5-6-18(4-2)22(28)25-13-11-23(12-14-25)26(15-16-30-23)21(27)17-29-20-9-7-19(24)8-10-20/h7-10,18H,3-6,11-17H2,1-2H3. The number of thioether (sulfide) groups is 1. The van der Waals surface area contributed by atoms with E-state index in [9.17, 15) is 9.59 Å². The molecular weight excluding hydrogens is 420 g/mol. The first-order valence-electron chi connectivity index (χ1n) is 11.1. The fourth-order valence-corrected chi connectivity index (χ4v) is 6.02. The number of carbonyl (C=O) groups excluding carboxylic acids is 2. The number of ether oxygens (including phenoxy) is 1. The van der Waals surface area contributed by atoms with Gasteiger partial charge in [-0.2, -0.15) is 0 Å². The van der Waals surface area contributed by atoms with Crippen LogP contribution < -0.4 is 4.74 Å². The van der Waals surface area contributed by atoms with Crippen LogP contribution in [0.4, 0.5) is 0 Å². The number of rotatable bonds is 8. The third-order valence-corrected chi connectivity index (χ3v) is 8.06. The number of piperidine rings is 1. The van der Waals surface area contributed by atoms with E-state index in [0.29, 0.717) is 16.7 Å². The molecule has 0 aliphatic carbocycles. The maximum absolute atomic E-state index is 12.9. The molecule has 2 heterocycles. The number of carbonyl (C=O) groups is 2. The second-order valence-electron chi connectivity index (χ2n) is 8.16. The van der Waals surface area contributed by atoms with Gasteiger partial charge < -0.3 is 14.5 Å². The number of unbranched alkanes of at least 4 members (excludes halogenated alkanes) is 1. The van der Waals surface area contributed by atoms with Crippen molar-refractivity contribution < 1.29 is 14.3 Å². The van der Waals surface area contributed by atoms with Crippen molar-refractivity contribution in [2.75, 3.05) is 32.0 Å². The zero-order valence-corrected chi connectivity index (χ0v) is 19.6. The predicted molar refractivity (Wildman–Crippen MR) is 123 cm³/mol. The molecule has 5 nitrogen and oxygen atoms in total. The monoisotopic (exact) mass is 452 g/mol. The highest BCUT2D eigenvalue weighted by atomic mass is 35.5. The molecule has 0 radical (unpaired) electrons. The van der Waals surface area contributed by atoms with Crippen LogP contribution in [-0.2, 0) is 9.59 Å². The Kier molecular flexibility index (Phi) is 8.35. The Balaban J connectivity index is 1.55. The molecule has 1 unspecified atom stereocenters. The maximum atomic E-state index is 12.9. The molecule has 0 bridgehead atoms. The van der Waals surface area contributed by atoms with E-state index in [-0.39, 0.29) is 23.3 Å². The SMILES string of the molecule is CCCCC(CC)C(=O)N1CCC2(CC1)SCCN2C(=O)COc1ccc(Cl)cc1. The lowest BCUT2D eigenvalue weighted by atomic mass is 9.95. The molecule has 1 aromatic rings. The van der Waals surface area contributed by atoms with Crippen molar-refractivity contribution in [2.24, 2.45) is 5.92 Å². The molecule has 2 aliphatic rings. The summed E-state index contributed by atoms with van der Waals surface area (Å²) in [6.07, 6.45) is 5.78. The first kappa shape index (κ1) is 23.3. The fraction of sp³-hybridized carbons (Fsp3) is 0.652. The Morgan fingerprint density at radius 3 is 2.50 bits per heavy atom. The summed E-state index contributed by atoms with van der Waals surface area (Å²) in [5, 5.41) is 0.643. The average Bonchev–Trinajstić information content (AvgIpc) is 3.17. The van der Waals surface area contributed by atoms with Crippen molar-refractivity contribution in [1.29, 1.82) is 0 Å². The number of likely N-dealkylation sites (tertiary alicyclic amines) is 1. The van der Waals surface area contributed by atoms with Gasteiger partial charge in [0, 0.05) is 36.3 Å². The summed E-state index contributed by atoms with van der Waals surface area (Å²) in [5.41, 5.74) is 0. The molecule has 2 amide bonds. The van der Waals surface area contributed by atoms with Gasteiger partial charge in [-0.15, -0.1) is 11.8 Å². The highest BCUT2D eigenvalue weighted by Gasteiger charge is 2.47. The Bertz CT molecular complexity index is 720. The molecule has 0 N–H and O–H groups in total. The molecule has 2 fully saturated rings. The van der Waals surface area contributed by atoms with Crippen molar-refractivity contribution >= 4 is 35.2 Å². The van der Waals surface area contributed by atoms with E-state index >= 15 is 0 Å². The summed E-state index contributed by atoms with van der Waals surface area (Å²) >= 11 is 7.76. The molecule has 2 saturated heterocycles. The molecular formula is C23H33ClN2O3S. The topological polar surface area (TPSA) is 49.9 Å². The lowest BCUT2D eigenvalue weighted by molar-refractivity contribution is -0.140. The molecule has 7 heteroatoms. The van der Waals surface area contributed by atoms with E-state index in [2.05, 4.69) is 13.8 Å². The molecule has 1 atom stereocenters. The van der Waals surface area contributed by atoms with Crippen LogP contribution in [0.5, 0.6) is 5.75 Å². The Labute approximate surface area is 189 Å². The lowest BCUT2D eigenvalue weighted by Crippen LogP contribution is -2.55. The minimum absolute atomic E-state index is 0.0177. The third-order valence-electron chi connectivity index (χ3n) is 6.26. The summed E-state index contributed by atoms with van der Waals surface area (Å²) in [4.78, 5) is 29.7. The van der Waals surface area contributed by atoms with Gasteiger partial charge in [0.1, 0.15) is 5.75 Å². The van der Waals surface area contributed by atoms with Gasteiger partial charge in [-0.25, -0.2) is 0 Å². The van der Waals surface area contributed by atoms with E-state index in [1.54, 1.807) is 24.3 Å². The van der Waals surface area contributed by atoms with E-state index < -0.39 is 0 Å². The Hall–Kier alpha value is -1.40. The lowest BCUT2D eigenvalue weighted by Gasteiger charge is -2.44. The molecule has 30 heavy (non-hydrogen) atoms. The summed E-state index contributed by atoms with van der Waals surface area (Å²) in [6.45, 7) is 6.52. The van der Waals surface area contributed by atoms with Gasteiger partial charge in [0.15, 0.2) is 6.61 Å². The number of amides is 2. The predicted octanol–water partition coefficient (Wildman–Crippen LogP) is 4.83. The molecule has 3 rings (SSSR count). The molecule has 0 saturated carbocycles. The van der Waals surface area contributed by atoms with Crippen LogP contribution in [0.1, 0.15) is 52.4 Å². The second kappa shape index (κ2) is 10.8. The maximum Gasteiger partial charge on any atom is 0.261 e. The summed E-state index contributed by atoms with van der Waals surface area (Å²) < 4.78 is 5.69. The number of nitrogens with zero attached hydrogens (tertiary/aromatic N) is 2. The minimum atomic E-state index is -0.192. The van der Waals surface area contributed by atoms with Gasteiger partial charge in [0.25, 0.3) is 5.91 Å². The van der Waals surface area contributed by atoms with Gasteiger partial charge in [-0.3, -0.25) is 9.59 Å². The van der Waals surface area contributed by atoms with Gasteiger partial charge in [-0.05, 0) is 49.9 Å². The number of benzene rings is 1. The van der Waals surface area contributed by atoms with Gasteiger partial charge in [0.2, 0.25) is 5.91 Å². The second-order valence-corrected chi connectivity index (χ2v) is 10.0.